The fourth-order valence-electron chi connectivity index (χ4n) is 1.89. The van der Waals surface area contributed by atoms with E-state index in [1.165, 1.54) is 0 Å². The van der Waals surface area contributed by atoms with Crippen LogP contribution in [-0.4, -0.2) is 17.6 Å². The molecule has 1 heterocycles. The Kier molecular flexibility index (Phi) is 3.52. The molecular formula is C13H17NO3. The summed E-state index contributed by atoms with van der Waals surface area (Å²) < 4.78 is 5.62. The van der Waals surface area contributed by atoms with E-state index in [9.17, 15) is 9.90 Å². The van der Waals surface area contributed by atoms with E-state index in [4.69, 9.17) is 4.74 Å². The second-order valence-corrected chi connectivity index (χ2v) is 4.19. The first kappa shape index (κ1) is 11.8. The van der Waals surface area contributed by atoms with Gasteiger partial charge in [0.05, 0.1) is 12.3 Å². The van der Waals surface area contributed by atoms with Gasteiger partial charge < -0.3 is 15.2 Å². The Labute approximate surface area is 101 Å². The number of fused-ring (bicyclic) bond motifs is 1. The zero-order valence-corrected chi connectivity index (χ0v) is 9.95. The highest BCUT2D eigenvalue weighted by Gasteiger charge is 2.21. The van der Waals surface area contributed by atoms with Crippen LogP contribution in [0.5, 0.6) is 11.5 Å². The van der Waals surface area contributed by atoms with Crippen LogP contribution in [0.1, 0.15) is 31.7 Å². The van der Waals surface area contributed by atoms with Gasteiger partial charge in [0.15, 0.2) is 0 Å². The maximum atomic E-state index is 11.4. The van der Waals surface area contributed by atoms with E-state index in [0.717, 1.165) is 18.4 Å². The van der Waals surface area contributed by atoms with E-state index in [0.29, 0.717) is 30.9 Å². The molecule has 0 bridgehead atoms. The number of ether oxygens (including phenoxy) is 1. The molecule has 1 aliphatic heterocycles. The number of phenols is 1. The van der Waals surface area contributed by atoms with Gasteiger partial charge in [0.1, 0.15) is 11.5 Å². The molecule has 0 saturated heterocycles. The third-order valence-corrected chi connectivity index (χ3v) is 2.87. The highest BCUT2D eigenvalue weighted by Crippen LogP contribution is 2.38. The summed E-state index contributed by atoms with van der Waals surface area (Å²) in [6.07, 6.45) is 3.02. The average Bonchev–Trinajstić information content (AvgIpc) is 2.32. The molecule has 0 aliphatic carbocycles. The first-order valence-electron chi connectivity index (χ1n) is 6.00. The van der Waals surface area contributed by atoms with Crippen LogP contribution >= 0.6 is 0 Å². The van der Waals surface area contributed by atoms with Crippen molar-refractivity contribution in [3.05, 3.63) is 17.7 Å². The minimum absolute atomic E-state index is 0.0246. The Bertz CT molecular complexity index is 429. The second-order valence-electron chi connectivity index (χ2n) is 4.19. The number of carbonyl (C=O) groups is 1. The molecule has 1 aromatic carbocycles. The van der Waals surface area contributed by atoms with Crippen molar-refractivity contribution < 1.29 is 14.6 Å². The molecular weight excluding hydrogens is 218 g/mol. The average molecular weight is 235 g/mol. The third-order valence-electron chi connectivity index (χ3n) is 2.87. The van der Waals surface area contributed by atoms with Crippen molar-refractivity contribution in [2.45, 2.75) is 32.6 Å². The first-order chi connectivity index (χ1) is 8.22. The van der Waals surface area contributed by atoms with Crippen molar-refractivity contribution in [3.63, 3.8) is 0 Å². The summed E-state index contributed by atoms with van der Waals surface area (Å²) in [5, 5.41) is 12.5. The minimum Gasteiger partial charge on any atom is -0.508 e. The summed E-state index contributed by atoms with van der Waals surface area (Å²) in [6, 6.07) is 3.33. The van der Waals surface area contributed by atoms with Gasteiger partial charge in [-0.05, 0) is 25.0 Å². The van der Waals surface area contributed by atoms with Crippen molar-refractivity contribution >= 4 is 11.6 Å². The predicted molar refractivity (Wildman–Crippen MR) is 65.5 cm³/mol. The summed E-state index contributed by atoms with van der Waals surface area (Å²) in [5.41, 5.74) is 1.41. The molecule has 17 heavy (non-hydrogen) atoms. The second kappa shape index (κ2) is 5.08. The van der Waals surface area contributed by atoms with Crippen LogP contribution in [0.25, 0.3) is 0 Å². The summed E-state index contributed by atoms with van der Waals surface area (Å²) in [7, 11) is 0. The summed E-state index contributed by atoms with van der Waals surface area (Å²) in [6.45, 7) is 2.72. The van der Waals surface area contributed by atoms with Gasteiger partial charge in [-0.3, -0.25) is 4.79 Å². The monoisotopic (exact) mass is 235 g/mol. The maximum Gasteiger partial charge on any atom is 0.224 e. The standard InChI is InChI=1S/C13H17NO3/c1-2-3-8-17-11-6-5-10(15)9-4-7-12(16)14-13(9)11/h5-6,15H,2-4,7-8H2,1H3,(H,14,16). The number of nitrogens with one attached hydrogen (secondary N) is 1. The molecule has 0 aromatic heterocycles. The molecule has 1 aromatic rings. The summed E-state index contributed by atoms with van der Waals surface area (Å²) in [4.78, 5) is 11.4. The van der Waals surface area contributed by atoms with Crippen LogP contribution in [0.4, 0.5) is 5.69 Å². The minimum atomic E-state index is -0.0246. The van der Waals surface area contributed by atoms with Crippen molar-refractivity contribution in [1.82, 2.24) is 0 Å². The topological polar surface area (TPSA) is 58.6 Å². The molecule has 1 aliphatic rings. The zero-order chi connectivity index (χ0) is 12.3. The largest absolute Gasteiger partial charge is 0.508 e. The van der Waals surface area contributed by atoms with E-state index >= 15 is 0 Å². The van der Waals surface area contributed by atoms with Gasteiger partial charge >= 0.3 is 0 Å². The van der Waals surface area contributed by atoms with Crippen LogP contribution < -0.4 is 10.1 Å². The maximum absolute atomic E-state index is 11.4. The van der Waals surface area contributed by atoms with Gasteiger partial charge in [0, 0.05) is 12.0 Å². The van der Waals surface area contributed by atoms with Crippen LogP contribution in [0.15, 0.2) is 12.1 Å². The third kappa shape index (κ3) is 2.52. The van der Waals surface area contributed by atoms with Crippen molar-refractivity contribution in [2.24, 2.45) is 0 Å². The van der Waals surface area contributed by atoms with Crippen molar-refractivity contribution in [3.8, 4) is 11.5 Å². The molecule has 0 saturated carbocycles. The Morgan fingerprint density at radius 1 is 1.41 bits per heavy atom. The number of aromatic hydroxyl groups is 1. The Morgan fingerprint density at radius 2 is 2.24 bits per heavy atom. The lowest BCUT2D eigenvalue weighted by Gasteiger charge is -2.21. The van der Waals surface area contributed by atoms with E-state index in [2.05, 4.69) is 12.2 Å². The van der Waals surface area contributed by atoms with Crippen LogP contribution in [-0.2, 0) is 11.2 Å². The number of phenolic OH excluding ortho intramolecular Hbond substituents is 1. The summed E-state index contributed by atoms with van der Waals surface area (Å²) in [5.74, 6) is 0.852. The van der Waals surface area contributed by atoms with Crippen LogP contribution in [0, 0.1) is 0 Å². The smallest absolute Gasteiger partial charge is 0.224 e. The van der Waals surface area contributed by atoms with Gasteiger partial charge in [0.25, 0.3) is 0 Å². The number of amides is 1. The SMILES string of the molecule is CCCCOc1ccc(O)c2c1NC(=O)CC2. The number of carbonyl (C=O) groups excluding carboxylic acids is 1. The molecule has 0 radical (unpaired) electrons. The zero-order valence-electron chi connectivity index (χ0n) is 9.95. The molecule has 92 valence electrons. The number of rotatable bonds is 4. The summed E-state index contributed by atoms with van der Waals surface area (Å²) >= 11 is 0. The number of hydrogen-bond donors (Lipinski definition) is 2. The lowest BCUT2D eigenvalue weighted by atomic mass is 10.0. The van der Waals surface area contributed by atoms with E-state index in [1.54, 1.807) is 12.1 Å². The van der Waals surface area contributed by atoms with Gasteiger partial charge in [-0.2, -0.15) is 0 Å². The van der Waals surface area contributed by atoms with Gasteiger partial charge in [0.2, 0.25) is 5.91 Å². The molecule has 4 nitrogen and oxygen atoms in total. The number of hydrogen-bond acceptors (Lipinski definition) is 3. The van der Waals surface area contributed by atoms with Gasteiger partial charge in [-0.15, -0.1) is 0 Å². The van der Waals surface area contributed by atoms with E-state index in [-0.39, 0.29) is 11.7 Å². The normalized spacial score (nSPS) is 14.1. The Balaban J connectivity index is 2.24. The van der Waals surface area contributed by atoms with Crippen molar-refractivity contribution in [2.75, 3.05) is 11.9 Å². The molecule has 2 N–H and O–H groups in total. The van der Waals surface area contributed by atoms with E-state index in [1.807, 2.05) is 0 Å². The fraction of sp³-hybridized carbons (Fsp3) is 0.462. The molecule has 2 rings (SSSR count). The molecule has 0 atom stereocenters. The lowest BCUT2D eigenvalue weighted by molar-refractivity contribution is -0.116. The number of anilines is 1. The van der Waals surface area contributed by atoms with Crippen molar-refractivity contribution in [1.29, 1.82) is 0 Å². The van der Waals surface area contributed by atoms with E-state index < -0.39 is 0 Å². The van der Waals surface area contributed by atoms with Crippen LogP contribution in [0.3, 0.4) is 0 Å². The highest BCUT2D eigenvalue weighted by molar-refractivity contribution is 5.96. The first-order valence-corrected chi connectivity index (χ1v) is 6.00. The predicted octanol–water partition coefficient (Wildman–Crippen LogP) is 2.46. The van der Waals surface area contributed by atoms with Crippen LogP contribution in [0.2, 0.25) is 0 Å². The quantitative estimate of drug-likeness (QED) is 0.788. The fourth-order valence-corrected chi connectivity index (χ4v) is 1.89. The van der Waals surface area contributed by atoms with Gasteiger partial charge in [-0.25, -0.2) is 0 Å². The number of benzene rings is 1. The number of unbranched alkanes of at least 4 members (excludes halogenated alkanes) is 1. The van der Waals surface area contributed by atoms with Gasteiger partial charge in [-0.1, -0.05) is 13.3 Å². The molecule has 4 heteroatoms. The lowest BCUT2D eigenvalue weighted by Crippen LogP contribution is -2.20. The molecule has 0 unspecified atom stereocenters. The highest BCUT2D eigenvalue weighted by atomic mass is 16.5. The molecule has 0 spiro atoms. The molecule has 1 amide bonds. The Hall–Kier alpha value is -1.71. The molecule has 0 fully saturated rings. The Morgan fingerprint density at radius 3 is 3.00 bits per heavy atom.